The van der Waals surface area contributed by atoms with Gasteiger partial charge < -0.3 is 10.8 Å². The van der Waals surface area contributed by atoms with E-state index >= 15 is 0 Å². The Labute approximate surface area is 112 Å². The van der Waals surface area contributed by atoms with E-state index in [4.69, 9.17) is 17.3 Å². The molecule has 0 spiro atoms. The van der Waals surface area contributed by atoms with E-state index in [9.17, 15) is 9.50 Å². The molecule has 0 heterocycles. The molecule has 0 aliphatic heterocycles. The molecule has 18 heavy (non-hydrogen) atoms. The van der Waals surface area contributed by atoms with Crippen molar-refractivity contribution in [1.82, 2.24) is 0 Å². The summed E-state index contributed by atoms with van der Waals surface area (Å²) in [7, 11) is 0. The number of hydrogen-bond acceptors (Lipinski definition) is 2. The third-order valence-electron chi connectivity index (χ3n) is 3.77. The summed E-state index contributed by atoms with van der Waals surface area (Å²) in [5.74, 6) is -0.195. The molecule has 0 saturated heterocycles. The summed E-state index contributed by atoms with van der Waals surface area (Å²) in [6.07, 6.45) is 4.87. The Morgan fingerprint density at radius 2 is 1.89 bits per heavy atom. The molecule has 1 aliphatic rings. The van der Waals surface area contributed by atoms with Gasteiger partial charge in [-0.3, -0.25) is 0 Å². The van der Waals surface area contributed by atoms with Crippen LogP contribution in [0.3, 0.4) is 0 Å². The SMILES string of the molecule is N[C@H](c1cc(F)cc(Cl)c1)[C@@H](O)C1CCCCC1. The van der Waals surface area contributed by atoms with Gasteiger partial charge in [0.25, 0.3) is 0 Å². The maximum absolute atomic E-state index is 13.3. The minimum atomic E-state index is -0.622. The van der Waals surface area contributed by atoms with E-state index in [1.165, 1.54) is 18.6 Å². The minimum Gasteiger partial charge on any atom is -0.391 e. The first-order chi connectivity index (χ1) is 8.58. The molecule has 0 radical (unpaired) electrons. The quantitative estimate of drug-likeness (QED) is 0.885. The summed E-state index contributed by atoms with van der Waals surface area (Å²) in [6, 6.07) is 3.65. The fraction of sp³-hybridized carbons (Fsp3) is 0.571. The summed E-state index contributed by atoms with van der Waals surface area (Å²) in [4.78, 5) is 0. The van der Waals surface area contributed by atoms with Crippen molar-refractivity contribution in [2.45, 2.75) is 44.2 Å². The molecule has 1 aliphatic carbocycles. The monoisotopic (exact) mass is 271 g/mol. The number of nitrogens with two attached hydrogens (primary N) is 1. The van der Waals surface area contributed by atoms with Crippen molar-refractivity contribution in [2.75, 3.05) is 0 Å². The van der Waals surface area contributed by atoms with Gasteiger partial charge >= 0.3 is 0 Å². The smallest absolute Gasteiger partial charge is 0.125 e. The Morgan fingerprint density at radius 3 is 2.50 bits per heavy atom. The minimum absolute atomic E-state index is 0.218. The van der Waals surface area contributed by atoms with Crippen LogP contribution in [-0.4, -0.2) is 11.2 Å². The zero-order chi connectivity index (χ0) is 13.1. The highest BCUT2D eigenvalue weighted by atomic mass is 35.5. The van der Waals surface area contributed by atoms with Crippen molar-refractivity contribution in [3.05, 3.63) is 34.6 Å². The zero-order valence-corrected chi connectivity index (χ0v) is 11.0. The highest BCUT2D eigenvalue weighted by molar-refractivity contribution is 6.30. The van der Waals surface area contributed by atoms with Crippen molar-refractivity contribution in [3.8, 4) is 0 Å². The number of benzene rings is 1. The maximum Gasteiger partial charge on any atom is 0.125 e. The Bertz CT molecular complexity index is 387. The van der Waals surface area contributed by atoms with E-state index in [-0.39, 0.29) is 5.92 Å². The van der Waals surface area contributed by atoms with Crippen LogP contribution in [0.1, 0.15) is 43.7 Å². The molecule has 1 saturated carbocycles. The van der Waals surface area contributed by atoms with Crippen molar-refractivity contribution in [3.63, 3.8) is 0 Å². The molecule has 2 nitrogen and oxygen atoms in total. The first kappa shape index (κ1) is 13.8. The molecule has 1 aromatic rings. The zero-order valence-electron chi connectivity index (χ0n) is 10.3. The van der Waals surface area contributed by atoms with E-state index in [0.717, 1.165) is 25.7 Å². The number of rotatable bonds is 3. The van der Waals surface area contributed by atoms with Gasteiger partial charge in [-0.2, -0.15) is 0 Å². The van der Waals surface area contributed by atoms with Gasteiger partial charge in [0.2, 0.25) is 0 Å². The van der Waals surface area contributed by atoms with Gasteiger partial charge in [-0.15, -0.1) is 0 Å². The van der Waals surface area contributed by atoms with Gasteiger partial charge in [-0.05, 0) is 42.5 Å². The normalized spacial score (nSPS) is 20.7. The number of hydrogen-bond donors (Lipinski definition) is 2. The number of halogens is 2. The molecule has 4 heteroatoms. The molecule has 1 fully saturated rings. The predicted molar refractivity (Wildman–Crippen MR) is 70.9 cm³/mol. The van der Waals surface area contributed by atoms with Gasteiger partial charge in [0.05, 0.1) is 12.1 Å². The van der Waals surface area contributed by atoms with Crippen molar-refractivity contribution in [1.29, 1.82) is 0 Å². The molecule has 0 aromatic heterocycles. The van der Waals surface area contributed by atoms with Gasteiger partial charge in [-0.1, -0.05) is 30.9 Å². The lowest BCUT2D eigenvalue weighted by molar-refractivity contribution is 0.0617. The van der Waals surface area contributed by atoms with E-state index in [2.05, 4.69) is 0 Å². The van der Waals surface area contributed by atoms with Crippen LogP contribution in [-0.2, 0) is 0 Å². The van der Waals surface area contributed by atoms with Crippen molar-refractivity contribution < 1.29 is 9.50 Å². The summed E-state index contributed by atoms with van der Waals surface area (Å²) in [6.45, 7) is 0. The molecule has 2 atom stereocenters. The lowest BCUT2D eigenvalue weighted by Crippen LogP contribution is -2.34. The average molecular weight is 272 g/mol. The van der Waals surface area contributed by atoms with E-state index in [1.54, 1.807) is 6.07 Å². The fourth-order valence-electron chi connectivity index (χ4n) is 2.73. The maximum atomic E-state index is 13.3. The van der Waals surface area contributed by atoms with Gasteiger partial charge in [0, 0.05) is 5.02 Å². The molecule has 3 N–H and O–H groups in total. The molecule has 0 unspecified atom stereocenters. The van der Waals surface area contributed by atoms with Gasteiger partial charge in [-0.25, -0.2) is 4.39 Å². The summed E-state index contributed by atoms with van der Waals surface area (Å²) in [5.41, 5.74) is 6.60. The first-order valence-electron chi connectivity index (χ1n) is 6.47. The lowest BCUT2D eigenvalue weighted by atomic mass is 9.81. The lowest BCUT2D eigenvalue weighted by Gasteiger charge is -2.30. The van der Waals surface area contributed by atoms with Crippen LogP contribution in [0.4, 0.5) is 4.39 Å². The molecule has 0 amide bonds. The highest BCUT2D eigenvalue weighted by Gasteiger charge is 2.27. The number of aliphatic hydroxyl groups is 1. The van der Waals surface area contributed by atoms with E-state index in [1.807, 2.05) is 0 Å². The predicted octanol–water partition coefficient (Wildman–Crippen LogP) is 3.42. The van der Waals surface area contributed by atoms with Crippen LogP contribution in [0, 0.1) is 11.7 Å². The topological polar surface area (TPSA) is 46.2 Å². The van der Waals surface area contributed by atoms with Crippen LogP contribution in [0.5, 0.6) is 0 Å². The van der Waals surface area contributed by atoms with Crippen molar-refractivity contribution >= 4 is 11.6 Å². The largest absolute Gasteiger partial charge is 0.391 e. The van der Waals surface area contributed by atoms with Crippen LogP contribution >= 0.6 is 11.6 Å². The fourth-order valence-corrected chi connectivity index (χ4v) is 2.96. The van der Waals surface area contributed by atoms with Crippen molar-refractivity contribution in [2.24, 2.45) is 11.7 Å². The molecule has 2 rings (SSSR count). The van der Waals surface area contributed by atoms with E-state index < -0.39 is 18.0 Å². The summed E-state index contributed by atoms with van der Waals surface area (Å²) < 4.78 is 13.3. The molecular weight excluding hydrogens is 253 g/mol. The van der Waals surface area contributed by atoms with E-state index in [0.29, 0.717) is 10.6 Å². The Kier molecular flexibility index (Phi) is 4.60. The third kappa shape index (κ3) is 3.22. The van der Waals surface area contributed by atoms with Crippen LogP contribution in [0.15, 0.2) is 18.2 Å². The first-order valence-corrected chi connectivity index (χ1v) is 6.85. The average Bonchev–Trinajstić information content (AvgIpc) is 2.37. The molecular formula is C14H19ClFNO. The molecule has 100 valence electrons. The second-order valence-corrected chi connectivity index (χ2v) is 5.55. The van der Waals surface area contributed by atoms with Gasteiger partial charge in [0.15, 0.2) is 0 Å². The highest BCUT2D eigenvalue weighted by Crippen LogP contribution is 2.32. The second-order valence-electron chi connectivity index (χ2n) is 5.12. The summed E-state index contributed by atoms with van der Waals surface area (Å²) in [5, 5.41) is 10.6. The number of aliphatic hydroxyl groups excluding tert-OH is 1. The van der Waals surface area contributed by atoms with Crippen LogP contribution in [0.25, 0.3) is 0 Å². The van der Waals surface area contributed by atoms with Gasteiger partial charge in [0.1, 0.15) is 5.82 Å². The third-order valence-corrected chi connectivity index (χ3v) is 3.99. The van der Waals surface area contributed by atoms with Crippen LogP contribution in [0.2, 0.25) is 5.02 Å². The Morgan fingerprint density at radius 1 is 1.22 bits per heavy atom. The Balaban J connectivity index is 2.11. The second kappa shape index (κ2) is 6.00. The Hall–Kier alpha value is -0.640. The standard InChI is InChI=1S/C14H19ClFNO/c15-11-6-10(7-12(16)8-11)13(17)14(18)9-4-2-1-3-5-9/h6-9,13-14,18H,1-5,17H2/t13-,14+/m1/s1. The molecule has 1 aromatic carbocycles. The summed E-state index contributed by atoms with van der Waals surface area (Å²) >= 11 is 5.81. The van der Waals surface area contributed by atoms with Crippen LogP contribution < -0.4 is 5.73 Å². The molecule has 0 bridgehead atoms.